The van der Waals surface area contributed by atoms with Crippen molar-refractivity contribution in [1.82, 2.24) is 4.90 Å². The molecule has 2 heteroatoms. The van der Waals surface area contributed by atoms with Crippen LogP contribution in [0, 0.1) is 5.41 Å². The minimum absolute atomic E-state index is 0.277. The Balaban J connectivity index is 2.11. The van der Waals surface area contributed by atoms with Gasteiger partial charge in [0.25, 0.3) is 0 Å². The molecule has 2 aromatic rings. The van der Waals surface area contributed by atoms with Gasteiger partial charge in [0.05, 0.1) is 6.54 Å². The molecular weight excluding hydrogens is 270 g/mol. The van der Waals surface area contributed by atoms with Crippen LogP contribution in [0.4, 0.5) is 0 Å². The molecule has 0 radical (unpaired) electrons. The Bertz CT molecular complexity index is 543. The van der Waals surface area contributed by atoms with Crippen LogP contribution >= 0.6 is 0 Å². The number of Topliss-reactive ketones (excluding diaryl/α,β-unsaturated/α-hetero) is 1. The number of benzene rings is 2. The van der Waals surface area contributed by atoms with Crippen molar-refractivity contribution >= 4 is 5.78 Å². The Morgan fingerprint density at radius 1 is 0.818 bits per heavy atom. The van der Waals surface area contributed by atoms with Gasteiger partial charge in [0, 0.05) is 18.5 Å². The molecule has 0 N–H and O–H groups in total. The van der Waals surface area contributed by atoms with Gasteiger partial charge in [-0.15, -0.1) is 0 Å². The summed E-state index contributed by atoms with van der Waals surface area (Å²) >= 11 is 0. The number of carbonyl (C=O) groups is 1. The highest BCUT2D eigenvalue weighted by molar-refractivity contribution is 5.85. The van der Waals surface area contributed by atoms with Crippen LogP contribution in [0.1, 0.15) is 31.9 Å². The van der Waals surface area contributed by atoms with Gasteiger partial charge in [0.2, 0.25) is 0 Å². The second kappa shape index (κ2) is 7.37. The largest absolute Gasteiger partial charge is 0.298 e. The third-order valence-electron chi connectivity index (χ3n) is 3.70. The van der Waals surface area contributed by atoms with E-state index < -0.39 is 0 Å². The number of hydrogen-bond acceptors (Lipinski definition) is 2. The Hall–Kier alpha value is -1.93. The smallest absolute Gasteiger partial charge is 0.152 e. The number of carbonyl (C=O) groups excluding carboxylic acids is 1. The lowest BCUT2D eigenvalue weighted by atomic mass is 9.90. The molecular formula is C20H25NO. The van der Waals surface area contributed by atoms with Crippen LogP contribution in [-0.2, 0) is 17.9 Å². The average Bonchev–Trinajstić information content (AvgIpc) is 2.48. The van der Waals surface area contributed by atoms with E-state index in [-0.39, 0.29) is 11.2 Å². The van der Waals surface area contributed by atoms with E-state index in [4.69, 9.17) is 0 Å². The molecule has 0 fully saturated rings. The highest BCUT2D eigenvalue weighted by Gasteiger charge is 2.23. The highest BCUT2D eigenvalue weighted by Crippen LogP contribution is 2.17. The monoisotopic (exact) mass is 295 g/mol. The van der Waals surface area contributed by atoms with Gasteiger partial charge >= 0.3 is 0 Å². The van der Waals surface area contributed by atoms with Gasteiger partial charge in [0.15, 0.2) is 5.78 Å². The molecule has 0 spiro atoms. The van der Waals surface area contributed by atoms with E-state index in [0.29, 0.717) is 6.54 Å². The van der Waals surface area contributed by atoms with Crippen molar-refractivity contribution in [2.24, 2.45) is 5.41 Å². The molecule has 2 aromatic carbocycles. The molecule has 2 nitrogen and oxygen atoms in total. The van der Waals surface area contributed by atoms with Crippen LogP contribution in [0.3, 0.4) is 0 Å². The predicted molar refractivity (Wildman–Crippen MR) is 91.5 cm³/mol. The van der Waals surface area contributed by atoms with Gasteiger partial charge in [-0.1, -0.05) is 81.4 Å². The van der Waals surface area contributed by atoms with Gasteiger partial charge in [-0.2, -0.15) is 0 Å². The molecule has 0 amide bonds. The van der Waals surface area contributed by atoms with Crippen LogP contribution in [0.5, 0.6) is 0 Å². The Labute approximate surface area is 133 Å². The molecule has 0 aliphatic heterocycles. The maximum Gasteiger partial charge on any atom is 0.152 e. The van der Waals surface area contributed by atoms with E-state index in [1.165, 1.54) is 11.1 Å². The third-order valence-corrected chi connectivity index (χ3v) is 3.70. The summed E-state index contributed by atoms with van der Waals surface area (Å²) in [5.74, 6) is 0.277. The molecule has 0 bridgehead atoms. The van der Waals surface area contributed by atoms with E-state index in [9.17, 15) is 4.79 Å². The first kappa shape index (κ1) is 16.4. The zero-order chi connectivity index (χ0) is 16.0. The Morgan fingerprint density at radius 3 is 1.59 bits per heavy atom. The quantitative estimate of drug-likeness (QED) is 0.791. The maximum atomic E-state index is 12.4. The molecule has 0 saturated heterocycles. The minimum atomic E-state index is -0.300. The highest BCUT2D eigenvalue weighted by atomic mass is 16.1. The van der Waals surface area contributed by atoms with E-state index in [0.717, 1.165) is 13.1 Å². The molecule has 0 saturated carbocycles. The van der Waals surface area contributed by atoms with Crippen molar-refractivity contribution in [2.75, 3.05) is 6.54 Å². The predicted octanol–water partition coefficient (Wildman–Crippen LogP) is 4.30. The SMILES string of the molecule is CC(C)(C)C(=O)CN(Cc1ccccc1)Cc1ccccc1. The van der Waals surface area contributed by atoms with Gasteiger partial charge in [-0.05, 0) is 11.1 Å². The fourth-order valence-electron chi connectivity index (χ4n) is 2.29. The van der Waals surface area contributed by atoms with E-state index in [2.05, 4.69) is 29.2 Å². The third kappa shape index (κ3) is 5.12. The fourth-order valence-corrected chi connectivity index (χ4v) is 2.29. The van der Waals surface area contributed by atoms with Gasteiger partial charge < -0.3 is 0 Å². The van der Waals surface area contributed by atoms with Crippen molar-refractivity contribution in [3.8, 4) is 0 Å². The first-order valence-electron chi connectivity index (χ1n) is 7.78. The van der Waals surface area contributed by atoms with Crippen molar-refractivity contribution < 1.29 is 4.79 Å². The van der Waals surface area contributed by atoms with Crippen LogP contribution in [-0.4, -0.2) is 17.2 Å². The first-order valence-corrected chi connectivity index (χ1v) is 7.78. The number of hydrogen-bond donors (Lipinski definition) is 0. The standard InChI is InChI=1S/C20H25NO/c1-20(2,3)19(22)16-21(14-17-10-6-4-7-11-17)15-18-12-8-5-9-13-18/h4-13H,14-16H2,1-3H3. The lowest BCUT2D eigenvalue weighted by molar-refractivity contribution is -0.127. The lowest BCUT2D eigenvalue weighted by Crippen LogP contribution is -2.35. The summed E-state index contributed by atoms with van der Waals surface area (Å²) in [5.41, 5.74) is 2.17. The van der Waals surface area contributed by atoms with Gasteiger partial charge in [0.1, 0.15) is 0 Å². The topological polar surface area (TPSA) is 20.3 Å². The zero-order valence-electron chi connectivity index (χ0n) is 13.8. The van der Waals surface area contributed by atoms with Crippen LogP contribution in [0.2, 0.25) is 0 Å². The molecule has 2 rings (SSSR count). The summed E-state index contributed by atoms with van der Waals surface area (Å²) in [4.78, 5) is 14.6. The molecule has 0 aromatic heterocycles. The summed E-state index contributed by atoms with van der Waals surface area (Å²) < 4.78 is 0. The van der Waals surface area contributed by atoms with Crippen molar-refractivity contribution in [3.05, 3.63) is 71.8 Å². The molecule has 0 atom stereocenters. The maximum absolute atomic E-state index is 12.4. The molecule has 0 aliphatic rings. The normalized spacial score (nSPS) is 11.6. The van der Waals surface area contributed by atoms with E-state index >= 15 is 0 Å². The van der Waals surface area contributed by atoms with E-state index in [1.807, 2.05) is 57.2 Å². The zero-order valence-corrected chi connectivity index (χ0v) is 13.8. The van der Waals surface area contributed by atoms with Crippen LogP contribution in [0.15, 0.2) is 60.7 Å². The van der Waals surface area contributed by atoms with Crippen LogP contribution in [0.25, 0.3) is 0 Å². The summed E-state index contributed by atoms with van der Waals surface area (Å²) in [6, 6.07) is 20.7. The van der Waals surface area contributed by atoms with Crippen molar-refractivity contribution in [3.63, 3.8) is 0 Å². The van der Waals surface area contributed by atoms with Gasteiger partial charge in [-0.3, -0.25) is 9.69 Å². The van der Waals surface area contributed by atoms with E-state index in [1.54, 1.807) is 0 Å². The van der Waals surface area contributed by atoms with Gasteiger partial charge in [-0.25, -0.2) is 0 Å². The Kier molecular flexibility index (Phi) is 5.51. The van der Waals surface area contributed by atoms with Crippen molar-refractivity contribution in [2.45, 2.75) is 33.9 Å². The molecule has 116 valence electrons. The fraction of sp³-hybridized carbons (Fsp3) is 0.350. The second-order valence-corrected chi connectivity index (χ2v) is 6.79. The lowest BCUT2D eigenvalue weighted by Gasteiger charge is -2.26. The molecule has 0 heterocycles. The first-order chi connectivity index (χ1) is 10.4. The summed E-state index contributed by atoms with van der Waals surface area (Å²) in [6.45, 7) is 8.01. The number of nitrogens with zero attached hydrogens (tertiary/aromatic N) is 1. The average molecular weight is 295 g/mol. The number of rotatable bonds is 6. The summed E-state index contributed by atoms with van der Waals surface area (Å²) in [7, 11) is 0. The molecule has 0 unspecified atom stereocenters. The summed E-state index contributed by atoms with van der Waals surface area (Å²) in [5, 5.41) is 0. The number of ketones is 1. The Morgan fingerprint density at radius 2 is 1.23 bits per heavy atom. The second-order valence-electron chi connectivity index (χ2n) is 6.79. The van der Waals surface area contributed by atoms with Crippen LogP contribution < -0.4 is 0 Å². The minimum Gasteiger partial charge on any atom is -0.298 e. The molecule has 0 aliphatic carbocycles. The summed E-state index contributed by atoms with van der Waals surface area (Å²) in [6.07, 6.45) is 0. The van der Waals surface area contributed by atoms with Crippen molar-refractivity contribution in [1.29, 1.82) is 0 Å². The molecule has 22 heavy (non-hydrogen) atoms.